The van der Waals surface area contributed by atoms with Gasteiger partial charge in [0.25, 0.3) is 0 Å². The van der Waals surface area contributed by atoms with E-state index < -0.39 is 6.29 Å². The van der Waals surface area contributed by atoms with Crippen molar-refractivity contribution >= 4 is 0 Å². The normalized spacial score (nSPS) is 17.9. The fourth-order valence-corrected chi connectivity index (χ4v) is 2.67. The molecule has 1 aliphatic rings. The number of benzene rings is 1. The zero-order valence-electron chi connectivity index (χ0n) is 12.1. The van der Waals surface area contributed by atoms with Crippen molar-refractivity contribution in [3.8, 4) is 5.75 Å². The predicted octanol–water partition coefficient (Wildman–Crippen LogP) is 4.16. The molecule has 1 saturated carbocycles. The van der Waals surface area contributed by atoms with Crippen LogP contribution in [0.25, 0.3) is 0 Å². The molecule has 2 rings (SSSR count). The van der Waals surface area contributed by atoms with Gasteiger partial charge in [0.15, 0.2) is 6.29 Å². The van der Waals surface area contributed by atoms with Gasteiger partial charge in [0.1, 0.15) is 5.75 Å². The van der Waals surface area contributed by atoms with Crippen molar-refractivity contribution in [1.82, 2.24) is 0 Å². The highest BCUT2D eigenvalue weighted by atomic mass is 16.6. The molecule has 0 radical (unpaired) electrons. The quantitative estimate of drug-likeness (QED) is 0.780. The van der Waals surface area contributed by atoms with E-state index in [1.807, 2.05) is 12.1 Å². The Labute approximate surface area is 116 Å². The third kappa shape index (κ3) is 4.54. The van der Waals surface area contributed by atoms with E-state index in [1.54, 1.807) is 0 Å². The number of ether oxygens (including phenoxy) is 1. The van der Waals surface area contributed by atoms with Gasteiger partial charge in [0.05, 0.1) is 0 Å². The van der Waals surface area contributed by atoms with Crippen LogP contribution in [-0.4, -0.2) is 11.4 Å². The van der Waals surface area contributed by atoms with Gasteiger partial charge < -0.3 is 9.84 Å². The lowest BCUT2D eigenvalue weighted by Crippen LogP contribution is -2.24. The average molecular weight is 262 g/mol. The topological polar surface area (TPSA) is 29.5 Å². The summed E-state index contributed by atoms with van der Waals surface area (Å²) in [6.07, 6.45) is 6.32. The van der Waals surface area contributed by atoms with E-state index >= 15 is 0 Å². The summed E-state index contributed by atoms with van der Waals surface area (Å²) in [5.74, 6) is 1.84. The molecule has 0 aliphatic heterocycles. The highest BCUT2D eigenvalue weighted by molar-refractivity contribution is 5.27. The van der Waals surface area contributed by atoms with Crippen molar-refractivity contribution in [2.45, 2.75) is 58.7 Å². The number of aryl methyl sites for hydroxylation is 1. The van der Waals surface area contributed by atoms with E-state index in [2.05, 4.69) is 26.0 Å². The first-order valence-electron chi connectivity index (χ1n) is 7.59. The van der Waals surface area contributed by atoms with Gasteiger partial charge in [-0.15, -0.1) is 0 Å². The Morgan fingerprint density at radius 3 is 2.37 bits per heavy atom. The van der Waals surface area contributed by atoms with Crippen LogP contribution < -0.4 is 4.74 Å². The van der Waals surface area contributed by atoms with Crippen molar-refractivity contribution in [2.75, 3.05) is 0 Å². The van der Waals surface area contributed by atoms with E-state index in [-0.39, 0.29) is 0 Å². The molecule has 1 atom stereocenters. The zero-order chi connectivity index (χ0) is 13.7. The molecule has 1 aliphatic carbocycles. The third-order valence-corrected chi connectivity index (χ3v) is 3.99. The molecule has 0 saturated heterocycles. The van der Waals surface area contributed by atoms with Crippen molar-refractivity contribution in [1.29, 1.82) is 0 Å². The molecule has 2 heteroatoms. The summed E-state index contributed by atoms with van der Waals surface area (Å²) < 4.78 is 5.63. The van der Waals surface area contributed by atoms with Crippen molar-refractivity contribution < 1.29 is 9.84 Å². The summed E-state index contributed by atoms with van der Waals surface area (Å²) in [5.41, 5.74) is 1.34. The fraction of sp³-hybridized carbons (Fsp3) is 0.647. The molecule has 0 amide bonds. The smallest absolute Gasteiger partial charge is 0.200 e. The second-order valence-corrected chi connectivity index (χ2v) is 6.13. The van der Waals surface area contributed by atoms with E-state index in [9.17, 15) is 5.11 Å². The van der Waals surface area contributed by atoms with Gasteiger partial charge in [0, 0.05) is 5.92 Å². The van der Waals surface area contributed by atoms with Gasteiger partial charge in [-0.25, -0.2) is 0 Å². The van der Waals surface area contributed by atoms with E-state index in [0.717, 1.165) is 30.9 Å². The van der Waals surface area contributed by atoms with Crippen LogP contribution in [0.15, 0.2) is 24.3 Å². The van der Waals surface area contributed by atoms with Gasteiger partial charge in [-0.1, -0.05) is 38.8 Å². The summed E-state index contributed by atoms with van der Waals surface area (Å²) >= 11 is 0. The van der Waals surface area contributed by atoms with Crippen LogP contribution >= 0.6 is 0 Å². The Kier molecular flexibility index (Phi) is 5.26. The van der Waals surface area contributed by atoms with Crippen LogP contribution in [0.2, 0.25) is 0 Å². The molecule has 1 fully saturated rings. The Morgan fingerprint density at radius 1 is 1.16 bits per heavy atom. The number of hydrogen-bond acceptors (Lipinski definition) is 2. The maximum atomic E-state index is 10.0. The molecule has 19 heavy (non-hydrogen) atoms. The van der Waals surface area contributed by atoms with E-state index in [4.69, 9.17) is 4.74 Å². The van der Waals surface area contributed by atoms with Crippen LogP contribution in [-0.2, 0) is 6.42 Å². The first kappa shape index (κ1) is 14.4. The van der Waals surface area contributed by atoms with Gasteiger partial charge in [0.2, 0.25) is 0 Å². The van der Waals surface area contributed by atoms with E-state index in [1.165, 1.54) is 24.8 Å². The molecular weight excluding hydrogens is 236 g/mol. The standard InChI is InChI=1S/C17H26O2/c1-13(2)7-8-14-9-11-16(12-10-14)19-17(18)15-5-3-4-6-15/h9-13,15,17-18H,3-8H2,1-2H3. The maximum absolute atomic E-state index is 10.0. The lowest BCUT2D eigenvalue weighted by atomic mass is 10.0. The Morgan fingerprint density at radius 2 is 1.79 bits per heavy atom. The molecular formula is C17H26O2. The van der Waals surface area contributed by atoms with Gasteiger partial charge >= 0.3 is 0 Å². The first-order valence-corrected chi connectivity index (χ1v) is 7.59. The zero-order valence-corrected chi connectivity index (χ0v) is 12.1. The molecule has 1 aromatic rings. The molecule has 0 heterocycles. The second-order valence-electron chi connectivity index (χ2n) is 6.13. The number of aliphatic hydroxyl groups is 1. The summed E-state index contributed by atoms with van der Waals surface area (Å²) in [6.45, 7) is 4.49. The van der Waals surface area contributed by atoms with Crippen LogP contribution in [0.4, 0.5) is 0 Å². The number of rotatable bonds is 6. The van der Waals surface area contributed by atoms with Gasteiger partial charge in [-0.3, -0.25) is 0 Å². The molecule has 0 spiro atoms. The summed E-state index contributed by atoms with van der Waals surface area (Å²) in [4.78, 5) is 0. The summed E-state index contributed by atoms with van der Waals surface area (Å²) in [6, 6.07) is 8.18. The second kappa shape index (κ2) is 6.95. The molecule has 1 N–H and O–H groups in total. The minimum Gasteiger partial charge on any atom is -0.465 e. The minimum atomic E-state index is -0.635. The van der Waals surface area contributed by atoms with Crippen molar-refractivity contribution in [2.24, 2.45) is 11.8 Å². The van der Waals surface area contributed by atoms with Crippen molar-refractivity contribution in [3.05, 3.63) is 29.8 Å². The first-order chi connectivity index (χ1) is 9.15. The summed E-state index contributed by atoms with van der Waals surface area (Å²) in [7, 11) is 0. The lowest BCUT2D eigenvalue weighted by molar-refractivity contribution is -0.0602. The molecule has 106 valence electrons. The Hall–Kier alpha value is -1.02. The third-order valence-electron chi connectivity index (χ3n) is 3.99. The lowest BCUT2D eigenvalue weighted by Gasteiger charge is -2.19. The fourth-order valence-electron chi connectivity index (χ4n) is 2.67. The monoisotopic (exact) mass is 262 g/mol. The highest BCUT2D eigenvalue weighted by Crippen LogP contribution is 2.29. The highest BCUT2D eigenvalue weighted by Gasteiger charge is 2.24. The molecule has 0 bridgehead atoms. The number of hydrogen-bond donors (Lipinski definition) is 1. The van der Waals surface area contributed by atoms with E-state index in [0.29, 0.717) is 5.92 Å². The molecule has 2 nitrogen and oxygen atoms in total. The van der Waals surface area contributed by atoms with Crippen molar-refractivity contribution in [3.63, 3.8) is 0 Å². The predicted molar refractivity (Wildman–Crippen MR) is 78.2 cm³/mol. The Bertz CT molecular complexity index is 363. The van der Waals surface area contributed by atoms with Crippen LogP contribution in [0.5, 0.6) is 5.75 Å². The molecule has 1 aromatic carbocycles. The Balaban J connectivity index is 1.83. The number of aliphatic hydroxyl groups excluding tert-OH is 1. The van der Waals surface area contributed by atoms with Crippen LogP contribution in [0, 0.1) is 11.8 Å². The van der Waals surface area contributed by atoms with Gasteiger partial charge in [-0.05, 0) is 49.3 Å². The molecule has 0 aromatic heterocycles. The van der Waals surface area contributed by atoms with Crippen LogP contribution in [0.3, 0.4) is 0 Å². The summed E-state index contributed by atoms with van der Waals surface area (Å²) in [5, 5.41) is 10.0. The minimum absolute atomic E-state index is 0.320. The average Bonchev–Trinajstić information content (AvgIpc) is 2.92. The van der Waals surface area contributed by atoms with Gasteiger partial charge in [-0.2, -0.15) is 0 Å². The largest absolute Gasteiger partial charge is 0.465 e. The molecule has 1 unspecified atom stereocenters. The maximum Gasteiger partial charge on any atom is 0.200 e. The van der Waals surface area contributed by atoms with Crippen LogP contribution in [0.1, 0.15) is 51.5 Å². The SMILES string of the molecule is CC(C)CCc1ccc(OC(O)C2CCCC2)cc1.